The molecule has 2 aliphatic carbocycles. The Hall–Kier alpha value is -1.16. The van der Waals surface area contributed by atoms with Crippen LogP contribution < -0.4 is 5.32 Å². The maximum absolute atomic E-state index is 13.1. The lowest BCUT2D eigenvalue weighted by molar-refractivity contribution is -0.127. The second kappa shape index (κ2) is 6.78. The molecule has 0 radical (unpaired) electrons. The molecule has 6 nitrogen and oxygen atoms in total. The van der Waals surface area contributed by atoms with Crippen LogP contribution in [0.25, 0.3) is 0 Å². The van der Waals surface area contributed by atoms with Gasteiger partial charge in [0.15, 0.2) is 0 Å². The normalized spacial score (nSPS) is 33.7. The summed E-state index contributed by atoms with van der Waals surface area (Å²) in [5.41, 5.74) is -0.744. The third-order valence-corrected chi connectivity index (χ3v) is 7.70. The van der Waals surface area contributed by atoms with Crippen molar-refractivity contribution in [2.75, 3.05) is 53.0 Å². The minimum Gasteiger partial charge on any atom is -0.379 e. The van der Waals surface area contributed by atoms with Crippen molar-refractivity contribution in [1.29, 1.82) is 5.26 Å². The van der Waals surface area contributed by atoms with Gasteiger partial charge in [-0.05, 0) is 52.2 Å². The molecular formula is C20H32N4O2. The second-order valence-corrected chi connectivity index (χ2v) is 8.99. The molecule has 1 N–H and O–H groups in total. The lowest BCUT2D eigenvalue weighted by Gasteiger charge is -2.49. The van der Waals surface area contributed by atoms with E-state index in [9.17, 15) is 10.1 Å². The number of hydrogen-bond donors (Lipinski definition) is 1. The van der Waals surface area contributed by atoms with Crippen molar-refractivity contribution >= 4 is 5.91 Å². The molecular weight excluding hydrogens is 328 g/mol. The van der Waals surface area contributed by atoms with Gasteiger partial charge in [-0.3, -0.25) is 9.69 Å². The van der Waals surface area contributed by atoms with Crippen LogP contribution in [-0.2, 0) is 9.53 Å². The molecule has 6 heteroatoms. The minimum absolute atomic E-state index is 0.00605. The monoisotopic (exact) mass is 360 g/mol. The van der Waals surface area contributed by atoms with E-state index >= 15 is 0 Å². The Morgan fingerprint density at radius 1 is 1.12 bits per heavy atom. The summed E-state index contributed by atoms with van der Waals surface area (Å²) in [6.07, 6.45) is 7.33. The highest BCUT2D eigenvalue weighted by Crippen LogP contribution is 2.71. The summed E-state index contributed by atoms with van der Waals surface area (Å²) in [5, 5.41) is 13.0. The first kappa shape index (κ1) is 18.2. The van der Waals surface area contributed by atoms with Crippen molar-refractivity contribution < 1.29 is 9.53 Å². The van der Waals surface area contributed by atoms with Crippen LogP contribution in [0.3, 0.4) is 0 Å². The first-order chi connectivity index (χ1) is 12.6. The average molecular weight is 361 g/mol. The zero-order valence-electron chi connectivity index (χ0n) is 16.1. The van der Waals surface area contributed by atoms with E-state index in [-0.39, 0.29) is 16.9 Å². The van der Waals surface area contributed by atoms with Crippen LogP contribution in [0.15, 0.2) is 0 Å². The highest BCUT2D eigenvalue weighted by Gasteiger charge is 2.72. The largest absolute Gasteiger partial charge is 0.379 e. The summed E-state index contributed by atoms with van der Waals surface area (Å²) in [5.74, 6) is -0.00605. The van der Waals surface area contributed by atoms with Gasteiger partial charge in [-0.25, -0.2) is 0 Å². The standard InChI is InChI=1S/C20H32N4O2/c1-23-8-6-19(7-9-23,24-10-12-26-13-11-24)16-22-17(25)20(15-21)14-18(20)4-2-3-5-18/h2-14,16H2,1H3,(H,22,25)/t20-/m1/s1. The SMILES string of the molecule is CN1CCC(CNC(=O)[C@]2(C#N)CC23CCCC3)(N2CCOCC2)CC1. The summed E-state index contributed by atoms with van der Waals surface area (Å²) in [6.45, 7) is 6.20. The Labute approximate surface area is 156 Å². The molecule has 2 saturated carbocycles. The van der Waals surface area contributed by atoms with Gasteiger partial charge >= 0.3 is 0 Å². The predicted molar refractivity (Wildman–Crippen MR) is 98.4 cm³/mol. The Balaban J connectivity index is 1.45. The van der Waals surface area contributed by atoms with Crippen molar-refractivity contribution in [3.63, 3.8) is 0 Å². The number of nitriles is 1. The van der Waals surface area contributed by atoms with E-state index in [0.29, 0.717) is 6.54 Å². The molecule has 1 amide bonds. The van der Waals surface area contributed by atoms with Crippen molar-refractivity contribution in [2.24, 2.45) is 10.8 Å². The van der Waals surface area contributed by atoms with Gasteiger partial charge in [-0.2, -0.15) is 5.26 Å². The average Bonchev–Trinajstić information content (AvgIpc) is 3.07. The molecule has 144 valence electrons. The van der Waals surface area contributed by atoms with Crippen molar-refractivity contribution in [2.45, 2.75) is 50.5 Å². The summed E-state index contributed by atoms with van der Waals surface area (Å²) >= 11 is 0. The number of likely N-dealkylation sites (tertiary alicyclic amines) is 1. The van der Waals surface area contributed by atoms with E-state index in [2.05, 4.69) is 28.2 Å². The molecule has 0 unspecified atom stereocenters. The maximum Gasteiger partial charge on any atom is 0.241 e. The van der Waals surface area contributed by atoms with E-state index in [1.54, 1.807) is 0 Å². The molecule has 1 atom stereocenters. The highest BCUT2D eigenvalue weighted by molar-refractivity contribution is 5.90. The van der Waals surface area contributed by atoms with E-state index in [1.165, 1.54) is 12.8 Å². The summed E-state index contributed by atoms with van der Waals surface area (Å²) in [6, 6.07) is 2.42. The van der Waals surface area contributed by atoms with Crippen molar-refractivity contribution in [1.82, 2.24) is 15.1 Å². The van der Waals surface area contributed by atoms with Gasteiger partial charge in [0, 0.05) is 30.6 Å². The first-order valence-electron chi connectivity index (χ1n) is 10.3. The quantitative estimate of drug-likeness (QED) is 0.820. The van der Waals surface area contributed by atoms with E-state index in [0.717, 1.165) is 71.5 Å². The molecule has 4 aliphatic rings. The Morgan fingerprint density at radius 2 is 1.77 bits per heavy atom. The van der Waals surface area contributed by atoms with Gasteiger partial charge in [-0.1, -0.05) is 12.8 Å². The number of amides is 1. The fraction of sp³-hybridized carbons (Fsp3) is 0.900. The van der Waals surface area contributed by atoms with E-state index in [4.69, 9.17) is 4.74 Å². The van der Waals surface area contributed by atoms with Crippen LogP contribution in [0.1, 0.15) is 44.9 Å². The zero-order valence-corrected chi connectivity index (χ0v) is 16.1. The lowest BCUT2D eigenvalue weighted by atomic mass is 9.84. The third kappa shape index (κ3) is 2.85. The van der Waals surface area contributed by atoms with Gasteiger partial charge in [0.05, 0.1) is 19.3 Å². The van der Waals surface area contributed by atoms with Crippen LogP contribution in [0, 0.1) is 22.2 Å². The molecule has 0 aromatic rings. The first-order valence-corrected chi connectivity index (χ1v) is 10.3. The number of carbonyl (C=O) groups excluding carboxylic acids is 1. The second-order valence-electron chi connectivity index (χ2n) is 8.99. The van der Waals surface area contributed by atoms with Gasteiger partial charge in [-0.15, -0.1) is 0 Å². The summed E-state index contributed by atoms with van der Waals surface area (Å²) < 4.78 is 5.54. The summed E-state index contributed by atoms with van der Waals surface area (Å²) in [4.78, 5) is 18.0. The molecule has 2 aliphatic heterocycles. The molecule has 0 aromatic carbocycles. The number of rotatable bonds is 4. The molecule has 0 aromatic heterocycles. The van der Waals surface area contributed by atoms with Gasteiger partial charge < -0.3 is 15.0 Å². The number of nitrogens with one attached hydrogen (secondary N) is 1. The van der Waals surface area contributed by atoms with Gasteiger partial charge in [0.1, 0.15) is 5.41 Å². The smallest absolute Gasteiger partial charge is 0.241 e. The Kier molecular flexibility index (Phi) is 4.75. The summed E-state index contributed by atoms with van der Waals surface area (Å²) in [7, 11) is 2.17. The molecule has 1 spiro atoms. The number of hydrogen-bond acceptors (Lipinski definition) is 5. The topological polar surface area (TPSA) is 68.6 Å². The molecule has 4 fully saturated rings. The fourth-order valence-corrected chi connectivity index (χ4v) is 5.72. The van der Waals surface area contributed by atoms with E-state index < -0.39 is 5.41 Å². The fourth-order valence-electron chi connectivity index (χ4n) is 5.72. The van der Waals surface area contributed by atoms with Crippen molar-refractivity contribution in [3.8, 4) is 6.07 Å². The highest BCUT2D eigenvalue weighted by atomic mass is 16.5. The number of morpholine rings is 1. The van der Waals surface area contributed by atoms with E-state index in [1.807, 2.05) is 0 Å². The Bertz CT molecular complexity index is 581. The molecule has 0 bridgehead atoms. The number of carbonyl (C=O) groups is 1. The van der Waals surface area contributed by atoms with Crippen LogP contribution in [-0.4, -0.2) is 74.2 Å². The number of ether oxygens (including phenoxy) is 1. The van der Waals surface area contributed by atoms with Crippen LogP contribution in [0.4, 0.5) is 0 Å². The third-order valence-electron chi connectivity index (χ3n) is 7.70. The maximum atomic E-state index is 13.1. The van der Waals surface area contributed by atoms with Crippen LogP contribution in [0.5, 0.6) is 0 Å². The minimum atomic E-state index is -0.749. The number of piperidine rings is 1. The van der Waals surface area contributed by atoms with Gasteiger partial charge in [0.25, 0.3) is 0 Å². The van der Waals surface area contributed by atoms with Crippen molar-refractivity contribution in [3.05, 3.63) is 0 Å². The van der Waals surface area contributed by atoms with Crippen LogP contribution >= 0.6 is 0 Å². The molecule has 26 heavy (non-hydrogen) atoms. The Morgan fingerprint density at radius 3 is 2.38 bits per heavy atom. The molecule has 2 heterocycles. The predicted octanol–water partition coefficient (Wildman–Crippen LogP) is 1.37. The van der Waals surface area contributed by atoms with Crippen LogP contribution in [0.2, 0.25) is 0 Å². The lowest BCUT2D eigenvalue weighted by Crippen LogP contribution is -2.63. The molecule has 4 rings (SSSR count). The number of nitrogens with zero attached hydrogens (tertiary/aromatic N) is 3. The zero-order chi connectivity index (χ0) is 18.3. The van der Waals surface area contributed by atoms with Gasteiger partial charge in [0.2, 0.25) is 5.91 Å². The molecule has 2 saturated heterocycles.